The number of carbonyl (C=O) groups excluding carboxylic acids is 1. The third-order valence-electron chi connectivity index (χ3n) is 5.11. The van der Waals surface area contributed by atoms with Crippen molar-refractivity contribution in [1.29, 1.82) is 0 Å². The smallest absolute Gasteiger partial charge is 0.263 e. The van der Waals surface area contributed by atoms with Gasteiger partial charge in [0.2, 0.25) is 0 Å². The first-order chi connectivity index (χ1) is 14.7. The highest BCUT2D eigenvalue weighted by Gasteiger charge is 2.32. The molecule has 1 saturated heterocycles. The topological polar surface area (TPSA) is 38.3 Å². The minimum Gasteiger partial charge on any atom is -0.456 e. The van der Waals surface area contributed by atoms with Crippen LogP contribution in [0.2, 0.25) is 0 Å². The van der Waals surface area contributed by atoms with Crippen LogP contribution in [-0.2, 0) is 4.79 Å². The normalized spacial score (nSPS) is 19.5. The van der Waals surface area contributed by atoms with E-state index in [0.29, 0.717) is 9.23 Å². The number of rotatable bonds is 3. The maximum atomic E-state index is 12.4. The van der Waals surface area contributed by atoms with Crippen LogP contribution in [0.15, 0.2) is 101 Å². The lowest BCUT2D eigenvalue weighted by Gasteiger charge is -2.30. The summed E-state index contributed by atoms with van der Waals surface area (Å²) >= 11 is 6.48. The van der Waals surface area contributed by atoms with Gasteiger partial charge >= 0.3 is 0 Å². The molecule has 1 fully saturated rings. The third kappa shape index (κ3) is 3.47. The average Bonchev–Trinajstić information content (AvgIpc) is 3.11. The number of thiocarbonyl (C=S) groups is 1. The first kappa shape index (κ1) is 18.9. The van der Waals surface area contributed by atoms with E-state index < -0.39 is 0 Å². The minimum absolute atomic E-state index is 0.0681. The van der Waals surface area contributed by atoms with Crippen molar-refractivity contribution in [3.63, 3.8) is 0 Å². The molecule has 0 spiro atoms. The molecule has 3 aromatic rings. The van der Waals surface area contributed by atoms with Gasteiger partial charge < -0.3 is 10.1 Å². The number of para-hydroxylation sites is 1. The minimum atomic E-state index is -0.171. The van der Waals surface area contributed by atoms with Gasteiger partial charge in [-0.2, -0.15) is 0 Å². The Labute approximate surface area is 184 Å². The number of fused-ring (bicyclic) bond motifs is 1. The molecule has 0 aliphatic carbocycles. The van der Waals surface area contributed by atoms with Crippen molar-refractivity contribution in [3.8, 4) is 5.75 Å². The predicted molar refractivity (Wildman–Crippen MR) is 125 cm³/mol. The number of ether oxygens (including phenoxy) is 1. The zero-order valence-electron chi connectivity index (χ0n) is 15.9. The molecule has 1 atom stereocenters. The lowest BCUT2D eigenvalue weighted by molar-refractivity contribution is -0.115. The van der Waals surface area contributed by atoms with Crippen LogP contribution in [0.1, 0.15) is 22.6 Å². The molecular formula is C25H17NO2S2. The van der Waals surface area contributed by atoms with E-state index >= 15 is 0 Å². The summed E-state index contributed by atoms with van der Waals surface area (Å²) in [7, 11) is 0. The Morgan fingerprint density at radius 1 is 0.900 bits per heavy atom. The molecule has 146 valence electrons. The number of nitrogens with one attached hydrogen (secondary N) is 1. The van der Waals surface area contributed by atoms with E-state index in [1.165, 1.54) is 11.8 Å². The number of hydrogen-bond acceptors (Lipinski definition) is 4. The van der Waals surface area contributed by atoms with Gasteiger partial charge in [0.15, 0.2) is 0 Å². The summed E-state index contributed by atoms with van der Waals surface area (Å²) in [6.07, 6.45) is 1.93. The van der Waals surface area contributed by atoms with Crippen molar-refractivity contribution in [2.24, 2.45) is 0 Å². The molecule has 30 heavy (non-hydrogen) atoms. The molecule has 3 nitrogen and oxygen atoms in total. The van der Waals surface area contributed by atoms with Crippen LogP contribution in [0.5, 0.6) is 5.75 Å². The molecule has 3 aromatic carbocycles. The number of hydrogen-bond donors (Lipinski definition) is 1. The predicted octanol–water partition coefficient (Wildman–Crippen LogP) is 5.65. The number of amides is 1. The van der Waals surface area contributed by atoms with Gasteiger partial charge in [-0.05, 0) is 17.7 Å². The Kier molecular flexibility index (Phi) is 4.99. The number of carbonyl (C=O) groups is 1. The summed E-state index contributed by atoms with van der Waals surface area (Å²) in [6, 6.07) is 28.4. The third-order valence-corrected chi connectivity index (χ3v) is 6.28. The van der Waals surface area contributed by atoms with Crippen molar-refractivity contribution in [2.75, 3.05) is 0 Å². The highest BCUT2D eigenvalue weighted by atomic mass is 32.2. The van der Waals surface area contributed by atoms with E-state index in [1.54, 1.807) is 0 Å². The van der Waals surface area contributed by atoms with Gasteiger partial charge in [-0.1, -0.05) is 103 Å². The van der Waals surface area contributed by atoms with Crippen LogP contribution in [0.3, 0.4) is 0 Å². The van der Waals surface area contributed by atoms with Crippen molar-refractivity contribution in [2.45, 2.75) is 5.92 Å². The van der Waals surface area contributed by atoms with Crippen LogP contribution in [0, 0.1) is 0 Å². The molecule has 0 radical (unpaired) electrons. The molecule has 1 amide bonds. The number of allylic oxidation sites excluding steroid dienone is 2. The Balaban J connectivity index is 1.78. The molecule has 0 aromatic heterocycles. The summed E-state index contributed by atoms with van der Waals surface area (Å²) in [5.74, 6) is 1.34. The Morgan fingerprint density at radius 2 is 1.57 bits per heavy atom. The molecule has 5 heteroatoms. The second kappa shape index (κ2) is 7.94. The zero-order chi connectivity index (χ0) is 20.5. The van der Waals surface area contributed by atoms with Crippen molar-refractivity contribution in [3.05, 3.63) is 118 Å². The molecule has 2 heterocycles. The fourth-order valence-electron chi connectivity index (χ4n) is 3.81. The molecule has 1 unspecified atom stereocenters. The summed E-state index contributed by atoms with van der Waals surface area (Å²) in [5, 5.41) is 2.71. The van der Waals surface area contributed by atoms with E-state index in [9.17, 15) is 4.79 Å². The molecule has 5 rings (SSSR count). The molecule has 2 aliphatic heterocycles. The summed E-state index contributed by atoms with van der Waals surface area (Å²) < 4.78 is 6.89. The lowest BCUT2D eigenvalue weighted by atomic mass is 9.81. The maximum Gasteiger partial charge on any atom is 0.263 e. The standard InChI is InChI=1S/C25H17NO2S2/c27-24-21(30-25(29)26-24)15-19-22(16-9-3-1-4-10-16)18-13-7-8-14-20(18)28-23(19)17-11-5-2-6-12-17/h1-15,22H,(H,26,27,29). The van der Waals surface area contributed by atoms with E-state index in [1.807, 2.05) is 72.8 Å². The van der Waals surface area contributed by atoms with Gasteiger partial charge in [0.1, 0.15) is 15.8 Å². The van der Waals surface area contributed by atoms with Crippen molar-refractivity contribution < 1.29 is 9.53 Å². The second-order valence-corrected chi connectivity index (χ2v) is 8.71. The van der Waals surface area contributed by atoms with Crippen molar-refractivity contribution in [1.82, 2.24) is 5.32 Å². The van der Waals surface area contributed by atoms with Crippen LogP contribution in [0.25, 0.3) is 5.76 Å². The van der Waals surface area contributed by atoms with Gasteiger partial charge in [0.25, 0.3) is 5.91 Å². The monoisotopic (exact) mass is 427 g/mol. The fraction of sp³-hybridized carbons (Fsp3) is 0.0400. The summed E-state index contributed by atoms with van der Waals surface area (Å²) in [5.41, 5.74) is 4.11. The first-order valence-corrected chi connectivity index (χ1v) is 10.8. The fourth-order valence-corrected chi connectivity index (χ4v) is 4.85. The Bertz CT molecular complexity index is 1200. The van der Waals surface area contributed by atoms with E-state index in [2.05, 4.69) is 23.5 Å². The van der Waals surface area contributed by atoms with Crippen LogP contribution >= 0.6 is 24.0 Å². The Morgan fingerprint density at radius 3 is 2.27 bits per heavy atom. The average molecular weight is 428 g/mol. The molecular weight excluding hydrogens is 410 g/mol. The zero-order valence-corrected chi connectivity index (χ0v) is 17.5. The molecule has 1 N–H and O–H groups in total. The van der Waals surface area contributed by atoms with Gasteiger partial charge in [-0.25, -0.2) is 0 Å². The van der Waals surface area contributed by atoms with Crippen LogP contribution in [-0.4, -0.2) is 10.2 Å². The lowest BCUT2D eigenvalue weighted by Crippen LogP contribution is -2.19. The van der Waals surface area contributed by atoms with Crippen LogP contribution in [0.4, 0.5) is 0 Å². The largest absolute Gasteiger partial charge is 0.456 e. The van der Waals surface area contributed by atoms with E-state index in [-0.39, 0.29) is 11.8 Å². The Hall–Kier alpha value is -3.15. The SMILES string of the molecule is O=C1NC(=S)SC1=CC1=C(c2ccccc2)Oc2ccccc2C1c1ccccc1. The highest BCUT2D eigenvalue weighted by Crippen LogP contribution is 2.47. The first-order valence-electron chi connectivity index (χ1n) is 9.57. The van der Waals surface area contributed by atoms with Gasteiger partial charge in [-0.15, -0.1) is 0 Å². The van der Waals surface area contributed by atoms with Crippen molar-refractivity contribution >= 4 is 40.0 Å². The van der Waals surface area contributed by atoms with Gasteiger partial charge in [0.05, 0.1) is 4.91 Å². The number of benzene rings is 3. The van der Waals surface area contributed by atoms with E-state index in [4.69, 9.17) is 17.0 Å². The van der Waals surface area contributed by atoms with Gasteiger partial charge in [-0.3, -0.25) is 4.79 Å². The summed E-state index contributed by atoms with van der Waals surface area (Å²) in [6.45, 7) is 0. The number of thioether (sulfide) groups is 1. The quantitative estimate of drug-likeness (QED) is 0.433. The highest BCUT2D eigenvalue weighted by molar-refractivity contribution is 8.26. The van der Waals surface area contributed by atoms with Crippen LogP contribution < -0.4 is 10.1 Å². The van der Waals surface area contributed by atoms with Gasteiger partial charge in [0, 0.05) is 22.6 Å². The molecule has 0 saturated carbocycles. The molecule has 2 aliphatic rings. The molecule has 0 bridgehead atoms. The van der Waals surface area contributed by atoms with E-state index in [0.717, 1.165) is 33.8 Å². The second-order valence-electron chi connectivity index (χ2n) is 6.99. The maximum absolute atomic E-state index is 12.4. The summed E-state index contributed by atoms with van der Waals surface area (Å²) in [4.78, 5) is 13.0.